The fraction of sp³-hybridized carbons (Fsp3) is 0.211. The number of rotatable bonds is 7. The third-order valence-corrected chi connectivity index (χ3v) is 4.68. The molecule has 6 nitrogen and oxygen atoms in total. The Bertz CT molecular complexity index is 896. The molecule has 0 bridgehead atoms. The highest BCUT2D eigenvalue weighted by Gasteiger charge is 2.21. The highest BCUT2D eigenvalue weighted by atomic mass is 32.2. The monoisotopic (exact) mass is 370 g/mol. The molecule has 0 saturated heterocycles. The van der Waals surface area contributed by atoms with E-state index in [0.29, 0.717) is 28.2 Å². The summed E-state index contributed by atoms with van der Waals surface area (Å²) in [4.78, 5) is 12.7. The Kier molecular flexibility index (Phi) is 5.58. The number of ether oxygens (including phenoxy) is 2. The van der Waals surface area contributed by atoms with Gasteiger partial charge >= 0.3 is 0 Å². The van der Waals surface area contributed by atoms with E-state index < -0.39 is 5.25 Å². The SMILES string of the molecule is COc1ccc(C(=O)[C@@H](C)Sc2nnc(-c3ccccc3)o2)cc1OC. The van der Waals surface area contributed by atoms with Gasteiger partial charge in [0.1, 0.15) is 0 Å². The number of aromatic nitrogens is 2. The van der Waals surface area contributed by atoms with Crippen LogP contribution in [0.5, 0.6) is 11.5 Å². The smallest absolute Gasteiger partial charge is 0.277 e. The summed E-state index contributed by atoms with van der Waals surface area (Å²) in [6.07, 6.45) is 0. The van der Waals surface area contributed by atoms with Gasteiger partial charge in [0, 0.05) is 11.1 Å². The molecule has 1 atom stereocenters. The molecule has 0 saturated carbocycles. The molecule has 0 aliphatic rings. The van der Waals surface area contributed by atoms with E-state index in [1.165, 1.54) is 18.9 Å². The summed E-state index contributed by atoms with van der Waals surface area (Å²) in [7, 11) is 3.09. The predicted octanol–water partition coefficient (Wildman–Crippen LogP) is 4.12. The average Bonchev–Trinajstić information content (AvgIpc) is 3.16. The Hall–Kier alpha value is -2.80. The first kappa shape index (κ1) is 18.0. The van der Waals surface area contributed by atoms with Crippen molar-refractivity contribution >= 4 is 17.5 Å². The molecule has 0 amide bonds. The van der Waals surface area contributed by atoms with Gasteiger partial charge in [0.15, 0.2) is 17.3 Å². The molecule has 0 spiro atoms. The quantitative estimate of drug-likeness (QED) is 0.457. The van der Waals surface area contributed by atoms with E-state index in [4.69, 9.17) is 13.9 Å². The highest BCUT2D eigenvalue weighted by molar-refractivity contribution is 8.00. The zero-order chi connectivity index (χ0) is 18.5. The van der Waals surface area contributed by atoms with Crippen molar-refractivity contribution in [2.24, 2.45) is 0 Å². The van der Waals surface area contributed by atoms with Gasteiger partial charge in [-0.2, -0.15) is 0 Å². The molecule has 0 fully saturated rings. The number of hydrogen-bond donors (Lipinski definition) is 0. The van der Waals surface area contributed by atoms with Crippen LogP contribution in [0.15, 0.2) is 58.2 Å². The molecule has 2 aromatic carbocycles. The van der Waals surface area contributed by atoms with Gasteiger partial charge in [0.25, 0.3) is 5.22 Å². The van der Waals surface area contributed by atoms with E-state index in [0.717, 1.165) is 5.56 Å². The molecular weight excluding hydrogens is 352 g/mol. The zero-order valence-corrected chi connectivity index (χ0v) is 15.4. The van der Waals surface area contributed by atoms with Crippen LogP contribution in [0, 0.1) is 0 Å². The number of carbonyl (C=O) groups excluding carboxylic acids is 1. The average molecular weight is 370 g/mol. The Morgan fingerprint density at radius 3 is 2.46 bits per heavy atom. The standard InChI is InChI=1S/C19H18N2O4S/c1-12(17(22)14-9-10-15(23-2)16(11-14)24-3)26-19-21-20-18(25-19)13-7-5-4-6-8-13/h4-12H,1-3H3/t12-/m1/s1. The second kappa shape index (κ2) is 8.05. The van der Waals surface area contributed by atoms with Crippen molar-refractivity contribution in [1.29, 1.82) is 0 Å². The van der Waals surface area contributed by atoms with Gasteiger partial charge in [-0.1, -0.05) is 30.0 Å². The summed E-state index contributed by atoms with van der Waals surface area (Å²) in [6, 6.07) is 14.6. The van der Waals surface area contributed by atoms with E-state index in [1.54, 1.807) is 32.2 Å². The topological polar surface area (TPSA) is 74.5 Å². The molecule has 26 heavy (non-hydrogen) atoms. The lowest BCUT2D eigenvalue weighted by molar-refractivity contribution is 0.0993. The highest BCUT2D eigenvalue weighted by Crippen LogP contribution is 2.31. The van der Waals surface area contributed by atoms with Crippen LogP contribution in [0.4, 0.5) is 0 Å². The molecule has 3 rings (SSSR count). The van der Waals surface area contributed by atoms with Crippen LogP contribution in [0.2, 0.25) is 0 Å². The Labute approximate surface area is 155 Å². The minimum Gasteiger partial charge on any atom is -0.493 e. The molecule has 0 aliphatic carbocycles. The van der Waals surface area contributed by atoms with Crippen molar-refractivity contribution in [2.45, 2.75) is 17.4 Å². The third-order valence-electron chi connectivity index (χ3n) is 3.74. The second-order valence-electron chi connectivity index (χ2n) is 5.43. The van der Waals surface area contributed by atoms with Gasteiger partial charge in [-0.05, 0) is 37.3 Å². The molecule has 7 heteroatoms. The summed E-state index contributed by atoms with van der Waals surface area (Å²) >= 11 is 1.22. The van der Waals surface area contributed by atoms with Crippen LogP contribution < -0.4 is 9.47 Å². The molecule has 0 aliphatic heterocycles. The van der Waals surface area contributed by atoms with Crippen molar-refractivity contribution in [3.05, 3.63) is 54.1 Å². The number of hydrogen-bond acceptors (Lipinski definition) is 7. The summed E-state index contributed by atoms with van der Waals surface area (Å²) in [6.45, 7) is 1.80. The predicted molar refractivity (Wildman–Crippen MR) is 98.9 cm³/mol. The zero-order valence-electron chi connectivity index (χ0n) is 14.6. The lowest BCUT2D eigenvalue weighted by Crippen LogP contribution is -2.13. The third kappa shape index (κ3) is 3.88. The Morgan fingerprint density at radius 2 is 1.77 bits per heavy atom. The molecule has 3 aromatic rings. The lowest BCUT2D eigenvalue weighted by Gasteiger charge is -2.11. The number of benzene rings is 2. The summed E-state index contributed by atoms with van der Waals surface area (Å²) in [5.41, 5.74) is 1.37. The summed E-state index contributed by atoms with van der Waals surface area (Å²) < 4.78 is 16.1. The fourth-order valence-corrected chi connectivity index (χ4v) is 3.14. The fourth-order valence-electron chi connectivity index (χ4n) is 2.38. The van der Waals surface area contributed by atoms with Crippen molar-refractivity contribution in [2.75, 3.05) is 14.2 Å². The van der Waals surface area contributed by atoms with E-state index in [9.17, 15) is 4.79 Å². The normalized spacial score (nSPS) is 11.8. The number of methoxy groups -OCH3 is 2. The minimum atomic E-state index is -0.392. The molecular formula is C19H18N2O4S. The van der Waals surface area contributed by atoms with Crippen LogP contribution in [0.3, 0.4) is 0 Å². The first-order valence-electron chi connectivity index (χ1n) is 7.94. The molecule has 1 aromatic heterocycles. The van der Waals surface area contributed by atoms with Crippen molar-refractivity contribution in [1.82, 2.24) is 10.2 Å². The number of carbonyl (C=O) groups is 1. The van der Waals surface area contributed by atoms with E-state index >= 15 is 0 Å². The molecule has 0 N–H and O–H groups in total. The lowest BCUT2D eigenvalue weighted by atomic mass is 10.1. The Balaban J connectivity index is 1.73. The van der Waals surface area contributed by atoms with E-state index in [1.807, 2.05) is 30.3 Å². The molecule has 134 valence electrons. The van der Waals surface area contributed by atoms with Crippen LogP contribution in [-0.4, -0.2) is 35.5 Å². The number of thioether (sulfide) groups is 1. The number of nitrogens with zero attached hydrogens (tertiary/aromatic N) is 2. The first-order valence-corrected chi connectivity index (χ1v) is 8.82. The van der Waals surface area contributed by atoms with E-state index in [-0.39, 0.29) is 5.78 Å². The van der Waals surface area contributed by atoms with Gasteiger partial charge < -0.3 is 13.9 Å². The van der Waals surface area contributed by atoms with Crippen LogP contribution >= 0.6 is 11.8 Å². The minimum absolute atomic E-state index is 0.0598. The maximum Gasteiger partial charge on any atom is 0.277 e. The van der Waals surface area contributed by atoms with Crippen LogP contribution in [-0.2, 0) is 0 Å². The first-order chi connectivity index (χ1) is 12.6. The maximum absolute atomic E-state index is 12.7. The van der Waals surface area contributed by atoms with Crippen molar-refractivity contribution in [3.63, 3.8) is 0 Å². The van der Waals surface area contributed by atoms with E-state index in [2.05, 4.69) is 10.2 Å². The van der Waals surface area contributed by atoms with Gasteiger partial charge in [-0.15, -0.1) is 10.2 Å². The second-order valence-corrected chi connectivity index (χ2v) is 6.73. The molecule has 1 heterocycles. The molecule has 0 radical (unpaired) electrons. The van der Waals surface area contributed by atoms with Gasteiger partial charge in [-0.25, -0.2) is 0 Å². The number of ketones is 1. The summed E-state index contributed by atoms with van der Waals surface area (Å²) in [5, 5.41) is 8.02. The van der Waals surface area contributed by atoms with Crippen LogP contribution in [0.1, 0.15) is 17.3 Å². The maximum atomic E-state index is 12.7. The van der Waals surface area contributed by atoms with Gasteiger partial charge in [0.2, 0.25) is 5.89 Å². The van der Waals surface area contributed by atoms with Crippen molar-refractivity contribution in [3.8, 4) is 23.0 Å². The number of Topliss-reactive ketones (excluding diaryl/α,β-unsaturated/α-hetero) is 1. The van der Waals surface area contributed by atoms with Crippen LogP contribution in [0.25, 0.3) is 11.5 Å². The van der Waals surface area contributed by atoms with Crippen molar-refractivity contribution < 1.29 is 18.7 Å². The van der Waals surface area contributed by atoms with Gasteiger partial charge in [0.05, 0.1) is 19.5 Å². The molecule has 0 unspecified atom stereocenters. The Morgan fingerprint density at radius 1 is 1.04 bits per heavy atom. The van der Waals surface area contributed by atoms with Gasteiger partial charge in [-0.3, -0.25) is 4.79 Å². The summed E-state index contributed by atoms with van der Waals surface area (Å²) in [5.74, 6) is 1.46. The largest absolute Gasteiger partial charge is 0.493 e.